The van der Waals surface area contributed by atoms with E-state index in [4.69, 9.17) is 15.2 Å². The number of nitrogens with two attached hydrogens (primary N) is 1. The van der Waals surface area contributed by atoms with Crippen LogP contribution in [0.4, 0.5) is 0 Å². The van der Waals surface area contributed by atoms with Crippen molar-refractivity contribution >= 4 is 0 Å². The Morgan fingerprint density at radius 3 is 2.52 bits per heavy atom. The fourth-order valence-corrected chi connectivity index (χ4v) is 3.98. The Morgan fingerprint density at radius 2 is 1.93 bits per heavy atom. The van der Waals surface area contributed by atoms with Gasteiger partial charge in [0.1, 0.15) is 30.5 Å². The van der Waals surface area contributed by atoms with Crippen LogP contribution >= 0.6 is 0 Å². The molecule has 9 N–H and O–H groups in total. The van der Waals surface area contributed by atoms with Gasteiger partial charge in [-0.2, -0.15) is 0 Å². The van der Waals surface area contributed by atoms with Crippen LogP contribution in [0.3, 0.4) is 0 Å². The number of nitrogens with one attached hydrogen (secondary N) is 2. The maximum Gasteiger partial charge on any atom is 0.178 e. The third-order valence-electron chi connectivity index (χ3n) is 5.70. The molecule has 0 bridgehead atoms. The molecule has 6 unspecified atom stereocenters. The summed E-state index contributed by atoms with van der Waals surface area (Å²) in [6.07, 6.45) is -7.29. The number of hydrogen-bond donors (Lipinski definition) is 8. The Labute approximate surface area is 158 Å². The summed E-state index contributed by atoms with van der Waals surface area (Å²) in [5, 5.41) is 57.2. The highest BCUT2D eigenvalue weighted by atomic mass is 16.7. The minimum Gasteiger partial charge on any atom is -0.391 e. The van der Waals surface area contributed by atoms with Crippen molar-refractivity contribution in [1.82, 2.24) is 10.6 Å². The Hall–Kier alpha value is -0.400. The number of aliphatic hydroxyl groups is 5. The lowest BCUT2D eigenvalue weighted by Crippen LogP contribution is -2.65. The van der Waals surface area contributed by atoms with Gasteiger partial charge in [0.05, 0.1) is 12.2 Å². The largest absolute Gasteiger partial charge is 0.391 e. The quantitative estimate of drug-likeness (QED) is 0.212. The van der Waals surface area contributed by atoms with Crippen LogP contribution in [0.25, 0.3) is 0 Å². The average Bonchev–Trinajstić information content (AvgIpc) is 3.29. The topological polar surface area (TPSA) is 180 Å². The Kier molecular flexibility index (Phi) is 6.15. The molecule has 2 heterocycles. The molecule has 0 radical (unpaired) electrons. The highest BCUT2D eigenvalue weighted by molar-refractivity contribution is 5.17. The Balaban J connectivity index is 1.65. The number of rotatable bonds is 6. The molecule has 158 valence electrons. The van der Waals surface area contributed by atoms with Gasteiger partial charge < -0.3 is 46.1 Å². The second kappa shape index (κ2) is 7.79. The summed E-state index contributed by atoms with van der Waals surface area (Å²) < 4.78 is 11.4. The number of hydrogen-bond acceptors (Lipinski definition) is 10. The molecular formula is C17H33N3O7. The molecule has 2 saturated heterocycles. The molecule has 0 aromatic carbocycles. The summed E-state index contributed by atoms with van der Waals surface area (Å²) in [6, 6.07) is -1.64. The van der Waals surface area contributed by atoms with Gasteiger partial charge in [-0.15, -0.1) is 0 Å². The highest BCUT2D eigenvalue weighted by Gasteiger charge is 2.69. The molecule has 11 atom stereocenters. The first-order chi connectivity index (χ1) is 12.6. The summed E-state index contributed by atoms with van der Waals surface area (Å²) >= 11 is 0. The van der Waals surface area contributed by atoms with Gasteiger partial charge in [0.25, 0.3) is 0 Å². The summed E-state index contributed by atoms with van der Waals surface area (Å²) in [5.74, 6) is 0.387. The lowest BCUT2D eigenvalue weighted by molar-refractivity contribution is -0.286. The van der Waals surface area contributed by atoms with Gasteiger partial charge in [-0.3, -0.25) is 5.32 Å². The summed E-state index contributed by atoms with van der Waals surface area (Å²) in [7, 11) is 0. The van der Waals surface area contributed by atoms with E-state index in [1.807, 2.05) is 13.8 Å². The molecule has 10 nitrogen and oxygen atoms in total. The van der Waals surface area contributed by atoms with Gasteiger partial charge in [-0.25, -0.2) is 0 Å². The highest BCUT2D eigenvalue weighted by Crippen LogP contribution is 2.41. The van der Waals surface area contributed by atoms with Gasteiger partial charge in [0.15, 0.2) is 12.0 Å². The first-order valence-electron chi connectivity index (χ1n) is 9.58. The first-order valence-corrected chi connectivity index (χ1v) is 9.58. The summed E-state index contributed by atoms with van der Waals surface area (Å²) in [4.78, 5) is 0. The lowest BCUT2D eigenvalue weighted by atomic mass is 9.84. The van der Waals surface area contributed by atoms with E-state index in [0.717, 1.165) is 0 Å². The van der Waals surface area contributed by atoms with Gasteiger partial charge in [-0.1, -0.05) is 13.8 Å². The van der Waals surface area contributed by atoms with E-state index in [-0.39, 0.29) is 6.04 Å². The van der Waals surface area contributed by atoms with Crippen molar-refractivity contribution < 1.29 is 35.0 Å². The second-order valence-corrected chi connectivity index (χ2v) is 8.49. The van der Waals surface area contributed by atoms with Crippen molar-refractivity contribution in [2.45, 2.75) is 94.0 Å². The van der Waals surface area contributed by atoms with Crippen LogP contribution < -0.4 is 16.4 Å². The Bertz CT molecular complexity index is 525. The van der Waals surface area contributed by atoms with Crippen molar-refractivity contribution in [1.29, 1.82) is 0 Å². The molecule has 1 aliphatic carbocycles. The molecule has 3 fully saturated rings. The molecule has 3 rings (SSSR count). The van der Waals surface area contributed by atoms with Crippen LogP contribution in [0.1, 0.15) is 27.2 Å². The smallest absolute Gasteiger partial charge is 0.178 e. The summed E-state index contributed by atoms with van der Waals surface area (Å²) in [6.45, 7) is 6.21. The van der Waals surface area contributed by atoms with E-state index in [0.29, 0.717) is 18.9 Å². The van der Waals surface area contributed by atoms with Crippen molar-refractivity contribution in [3.8, 4) is 0 Å². The lowest BCUT2D eigenvalue weighted by Gasteiger charge is -2.44. The van der Waals surface area contributed by atoms with Crippen molar-refractivity contribution in [3.63, 3.8) is 0 Å². The molecule has 0 aromatic rings. The SMILES string of the molecule is CC(C)CNC1CC(N)[C@@H](O[C@H]2OC(C(C)O)[C@@H](O)C3(O)N[C@H]23)C(O)[C@@H]1O. The van der Waals surface area contributed by atoms with Crippen LogP contribution in [0, 0.1) is 5.92 Å². The van der Waals surface area contributed by atoms with Gasteiger partial charge >= 0.3 is 0 Å². The predicted molar refractivity (Wildman–Crippen MR) is 94.3 cm³/mol. The first kappa shape index (κ1) is 21.3. The van der Waals surface area contributed by atoms with E-state index in [1.165, 1.54) is 6.92 Å². The maximum absolute atomic E-state index is 10.5. The third-order valence-corrected chi connectivity index (χ3v) is 5.70. The zero-order valence-electron chi connectivity index (χ0n) is 15.9. The van der Waals surface area contributed by atoms with Gasteiger partial charge in [0.2, 0.25) is 0 Å². The second-order valence-electron chi connectivity index (χ2n) is 8.49. The minimum absolute atomic E-state index is 0.354. The van der Waals surface area contributed by atoms with Crippen LogP contribution in [-0.2, 0) is 9.47 Å². The van der Waals surface area contributed by atoms with Crippen LogP contribution in [0.2, 0.25) is 0 Å². The monoisotopic (exact) mass is 391 g/mol. The zero-order chi connectivity index (χ0) is 20.1. The molecule has 10 heteroatoms. The third kappa shape index (κ3) is 4.01. The van der Waals surface area contributed by atoms with Crippen LogP contribution in [0.15, 0.2) is 0 Å². The van der Waals surface area contributed by atoms with Crippen molar-refractivity contribution in [2.24, 2.45) is 11.7 Å². The molecule has 2 aliphatic heterocycles. The molecule has 27 heavy (non-hydrogen) atoms. The summed E-state index contributed by atoms with van der Waals surface area (Å²) in [5.41, 5.74) is 4.57. The van der Waals surface area contributed by atoms with Crippen molar-refractivity contribution in [2.75, 3.05) is 6.54 Å². The molecule has 0 amide bonds. The molecule has 3 aliphatic rings. The number of aliphatic hydroxyl groups excluding tert-OH is 4. The van der Waals surface area contributed by atoms with Crippen LogP contribution in [0.5, 0.6) is 0 Å². The Morgan fingerprint density at radius 1 is 1.26 bits per heavy atom. The zero-order valence-corrected chi connectivity index (χ0v) is 15.9. The van der Waals surface area contributed by atoms with E-state index < -0.39 is 60.7 Å². The van der Waals surface area contributed by atoms with Crippen molar-refractivity contribution in [3.05, 3.63) is 0 Å². The molecule has 0 spiro atoms. The fraction of sp³-hybridized carbons (Fsp3) is 1.00. The van der Waals surface area contributed by atoms with E-state index in [9.17, 15) is 25.5 Å². The van der Waals surface area contributed by atoms with Crippen LogP contribution in [-0.4, -0.2) is 98.8 Å². The predicted octanol–water partition coefficient (Wildman–Crippen LogP) is -3.43. The van der Waals surface area contributed by atoms with E-state index in [2.05, 4.69) is 10.6 Å². The molecule has 1 saturated carbocycles. The molecular weight excluding hydrogens is 358 g/mol. The fourth-order valence-electron chi connectivity index (χ4n) is 3.98. The average molecular weight is 391 g/mol. The number of fused-ring (bicyclic) bond motifs is 1. The van der Waals surface area contributed by atoms with E-state index >= 15 is 0 Å². The van der Waals surface area contributed by atoms with Gasteiger partial charge in [-0.05, 0) is 25.8 Å². The minimum atomic E-state index is -1.62. The normalized spacial score (nSPS) is 51.1. The maximum atomic E-state index is 10.5. The van der Waals surface area contributed by atoms with Gasteiger partial charge in [0, 0.05) is 12.1 Å². The molecule has 0 aromatic heterocycles. The number of ether oxygens (including phenoxy) is 2. The van der Waals surface area contributed by atoms with E-state index in [1.54, 1.807) is 0 Å². The standard InChI is InChI=1S/C17H33N3O7/c1-6(2)5-19-9-4-8(18)13(11(23)10(9)22)27-16-14-17(25,20-14)15(24)12(26-16)7(3)21/h6-16,19-25H,4-5,18H2,1-3H3/t7?,8?,9?,10-,11?,12?,13-,14-,15-,16-,17?/m1/s1.